The van der Waals surface area contributed by atoms with Crippen LogP contribution < -0.4 is 10.2 Å². The van der Waals surface area contributed by atoms with Crippen LogP contribution in [0.25, 0.3) is 0 Å². The first-order valence-corrected chi connectivity index (χ1v) is 8.48. The van der Waals surface area contributed by atoms with Gasteiger partial charge in [-0.3, -0.25) is 0 Å². The van der Waals surface area contributed by atoms with E-state index in [1.54, 1.807) is 0 Å². The van der Waals surface area contributed by atoms with Crippen LogP contribution in [0.5, 0.6) is 0 Å². The molecular weight excluding hydrogens is 280 g/mol. The molecule has 2 nitrogen and oxygen atoms in total. The Morgan fingerprint density at radius 1 is 1.38 bits per heavy atom. The average Bonchev–Trinajstić information content (AvgIpc) is 2.35. The lowest BCUT2D eigenvalue weighted by molar-refractivity contribution is 0.356. The van der Waals surface area contributed by atoms with E-state index in [0.717, 1.165) is 18.1 Å². The van der Waals surface area contributed by atoms with Crippen molar-refractivity contribution in [3.05, 3.63) is 28.3 Å². The molecule has 118 valence electrons. The minimum Gasteiger partial charge on any atom is -0.364 e. The molecule has 1 N–H and O–H groups in total. The normalized spacial score (nSPS) is 20.8. The molecule has 0 amide bonds. The molecule has 1 aromatic carbocycles. The van der Waals surface area contributed by atoms with Crippen LogP contribution >= 0.6 is 11.6 Å². The highest BCUT2D eigenvalue weighted by atomic mass is 35.5. The third kappa shape index (κ3) is 3.22. The molecular formula is C18H29ClN2. The van der Waals surface area contributed by atoms with E-state index in [1.165, 1.54) is 23.2 Å². The summed E-state index contributed by atoms with van der Waals surface area (Å²) in [5.74, 6) is 0.572. The predicted octanol–water partition coefficient (Wildman–Crippen LogP) is 4.95. The van der Waals surface area contributed by atoms with E-state index in [2.05, 4.69) is 63.9 Å². The number of nitrogens with one attached hydrogen (secondary N) is 1. The van der Waals surface area contributed by atoms with E-state index in [4.69, 9.17) is 11.6 Å². The van der Waals surface area contributed by atoms with Gasteiger partial charge in [0.25, 0.3) is 0 Å². The first-order chi connectivity index (χ1) is 9.77. The molecule has 0 aromatic heterocycles. The second-order valence-corrected chi connectivity index (χ2v) is 7.57. The number of halogens is 1. The van der Waals surface area contributed by atoms with Gasteiger partial charge in [0.15, 0.2) is 0 Å². The summed E-state index contributed by atoms with van der Waals surface area (Å²) in [4.78, 5) is 2.53. The van der Waals surface area contributed by atoms with E-state index in [9.17, 15) is 0 Å². The van der Waals surface area contributed by atoms with Crippen molar-refractivity contribution in [1.82, 2.24) is 5.32 Å². The lowest BCUT2D eigenvalue weighted by Crippen LogP contribution is -2.51. The standard InChI is InChI=1S/C18H29ClN2/c1-7-20-11-14-8-15-13(4)10-18(5,6)21(12(2)3)17(15)9-16(14)19/h8-9,12-13,20H,7,10-11H2,1-6H3/t13-/m1/s1. The highest BCUT2D eigenvalue weighted by Gasteiger charge is 2.38. The smallest absolute Gasteiger partial charge is 0.0471 e. The Labute approximate surface area is 134 Å². The van der Waals surface area contributed by atoms with Crippen LogP contribution in [0.4, 0.5) is 5.69 Å². The summed E-state index contributed by atoms with van der Waals surface area (Å²) in [7, 11) is 0. The van der Waals surface area contributed by atoms with Crippen LogP contribution in [0, 0.1) is 0 Å². The number of fused-ring (bicyclic) bond motifs is 1. The Balaban J connectivity index is 2.50. The maximum absolute atomic E-state index is 6.54. The van der Waals surface area contributed by atoms with Gasteiger partial charge in [-0.15, -0.1) is 0 Å². The zero-order chi connectivity index (χ0) is 15.8. The van der Waals surface area contributed by atoms with Crippen molar-refractivity contribution in [2.24, 2.45) is 0 Å². The molecule has 0 aliphatic carbocycles. The molecule has 1 aliphatic heterocycles. The number of anilines is 1. The van der Waals surface area contributed by atoms with Crippen LogP contribution in [0.15, 0.2) is 12.1 Å². The number of hydrogen-bond acceptors (Lipinski definition) is 2. The molecule has 0 saturated carbocycles. The van der Waals surface area contributed by atoms with Gasteiger partial charge in [-0.1, -0.05) is 31.5 Å². The first kappa shape index (κ1) is 16.6. The molecule has 0 saturated heterocycles. The SMILES string of the molecule is CCNCc1cc2c(cc1Cl)N(C(C)C)C(C)(C)C[C@H]2C. The number of nitrogens with zero attached hydrogens (tertiary/aromatic N) is 1. The molecule has 1 atom stereocenters. The van der Waals surface area contributed by atoms with Gasteiger partial charge in [-0.05, 0) is 63.8 Å². The van der Waals surface area contributed by atoms with Gasteiger partial charge in [0, 0.05) is 28.8 Å². The molecule has 0 bridgehead atoms. The lowest BCUT2D eigenvalue weighted by Gasteiger charge is -2.50. The highest BCUT2D eigenvalue weighted by Crippen LogP contribution is 2.46. The zero-order valence-electron chi connectivity index (χ0n) is 14.3. The third-order valence-corrected chi connectivity index (χ3v) is 4.88. The Bertz CT molecular complexity index is 508. The zero-order valence-corrected chi connectivity index (χ0v) is 15.0. The minimum absolute atomic E-state index is 0.174. The van der Waals surface area contributed by atoms with Gasteiger partial charge in [0.1, 0.15) is 0 Å². The van der Waals surface area contributed by atoms with Crippen molar-refractivity contribution in [2.45, 2.75) is 72.0 Å². The van der Waals surface area contributed by atoms with Crippen LogP contribution in [-0.4, -0.2) is 18.1 Å². The monoisotopic (exact) mass is 308 g/mol. The summed E-state index contributed by atoms with van der Waals surface area (Å²) < 4.78 is 0. The van der Waals surface area contributed by atoms with Gasteiger partial charge >= 0.3 is 0 Å². The molecule has 0 fully saturated rings. The maximum atomic E-state index is 6.54. The second-order valence-electron chi connectivity index (χ2n) is 7.16. The van der Waals surface area contributed by atoms with Crippen molar-refractivity contribution in [2.75, 3.05) is 11.4 Å². The summed E-state index contributed by atoms with van der Waals surface area (Å²) in [5.41, 5.74) is 4.15. The Morgan fingerprint density at radius 2 is 2.05 bits per heavy atom. The van der Waals surface area contributed by atoms with Crippen LogP contribution in [0.2, 0.25) is 5.02 Å². The van der Waals surface area contributed by atoms with Crippen molar-refractivity contribution in [3.63, 3.8) is 0 Å². The Morgan fingerprint density at radius 3 is 2.62 bits per heavy atom. The quantitative estimate of drug-likeness (QED) is 0.846. The molecule has 0 radical (unpaired) electrons. The summed E-state index contributed by atoms with van der Waals surface area (Å²) in [5, 5.41) is 4.26. The molecule has 3 heteroatoms. The molecule has 1 heterocycles. The fourth-order valence-corrected chi connectivity index (χ4v) is 4.11. The van der Waals surface area contributed by atoms with Crippen molar-refractivity contribution >= 4 is 17.3 Å². The van der Waals surface area contributed by atoms with Crippen LogP contribution in [0.1, 0.15) is 65.0 Å². The topological polar surface area (TPSA) is 15.3 Å². The average molecular weight is 309 g/mol. The van der Waals surface area contributed by atoms with E-state index in [-0.39, 0.29) is 5.54 Å². The van der Waals surface area contributed by atoms with Crippen molar-refractivity contribution in [1.29, 1.82) is 0 Å². The third-order valence-electron chi connectivity index (χ3n) is 4.53. The van der Waals surface area contributed by atoms with Gasteiger partial charge in [0.05, 0.1) is 0 Å². The fraction of sp³-hybridized carbons (Fsp3) is 0.667. The number of benzene rings is 1. The molecule has 2 rings (SSSR count). The van der Waals surface area contributed by atoms with Crippen molar-refractivity contribution < 1.29 is 0 Å². The summed E-state index contributed by atoms with van der Waals surface area (Å²) in [6, 6.07) is 4.97. The van der Waals surface area contributed by atoms with Gasteiger partial charge in [0.2, 0.25) is 0 Å². The first-order valence-electron chi connectivity index (χ1n) is 8.10. The highest BCUT2D eigenvalue weighted by molar-refractivity contribution is 6.31. The lowest BCUT2D eigenvalue weighted by atomic mass is 9.79. The molecule has 0 unspecified atom stereocenters. The summed E-state index contributed by atoms with van der Waals surface area (Å²) in [6.07, 6.45) is 1.18. The number of rotatable bonds is 4. The van der Waals surface area contributed by atoms with E-state index >= 15 is 0 Å². The number of hydrogen-bond donors (Lipinski definition) is 1. The largest absolute Gasteiger partial charge is 0.364 e. The van der Waals surface area contributed by atoms with Gasteiger partial charge < -0.3 is 10.2 Å². The van der Waals surface area contributed by atoms with Gasteiger partial charge in [-0.2, -0.15) is 0 Å². The molecule has 1 aromatic rings. The Kier molecular flexibility index (Phi) is 4.89. The Hall–Kier alpha value is -0.730. The second kappa shape index (κ2) is 6.18. The molecule has 1 aliphatic rings. The minimum atomic E-state index is 0.174. The molecule has 21 heavy (non-hydrogen) atoms. The van der Waals surface area contributed by atoms with Gasteiger partial charge in [-0.25, -0.2) is 0 Å². The van der Waals surface area contributed by atoms with Crippen molar-refractivity contribution in [3.8, 4) is 0 Å². The summed E-state index contributed by atoms with van der Waals surface area (Å²) in [6.45, 7) is 15.5. The van der Waals surface area contributed by atoms with E-state index in [1.807, 2.05) is 0 Å². The maximum Gasteiger partial charge on any atom is 0.0471 e. The van der Waals surface area contributed by atoms with Crippen LogP contribution in [-0.2, 0) is 6.54 Å². The van der Waals surface area contributed by atoms with Crippen LogP contribution in [0.3, 0.4) is 0 Å². The fourth-order valence-electron chi connectivity index (χ4n) is 3.89. The van der Waals surface area contributed by atoms with E-state index < -0.39 is 0 Å². The summed E-state index contributed by atoms with van der Waals surface area (Å²) >= 11 is 6.54. The molecule has 0 spiro atoms. The predicted molar refractivity (Wildman–Crippen MR) is 93.6 cm³/mol. The van der Waals surface area contributed by atoms with E-state index in [0.29, 0.717) is 12.0 Å².